The lowest BCUT2D eigenvalue weighted by Gasteiger charge is -2.24. The lowest BCUT2D eigenvalue weighted by molar-refractivity contribution is 0.0745. The van der Waals surface area contributed by atoms with Crippen molar-refractivity contribution in [3.05, 3.63) is 41.3 Å². The molecule has 2 fully saturated rings. The third kappa shape index (κ3) is 2.70. The molecule has 1 unspecified atom stereocenters. The minimum Gasteiger partial charge on any atom is -0.337 e. The van der Waals surface area contributed by atoms with Gasteiger partial charge in [0.05, 0.1) is 11.1 Å². The number of rotatable bonds is 3. The Labute approximate surface area is 134 Å². The van der Waals surface area contributed by atoms with Gasteiger partial charge in [0.15, 0.2) is 0 Å². The zero-order chi connectivity index (χ0) is 16.0. The number of fused-ring (bicyclic) bond motifs is 1. The Balaban J connectivity index is 1.79. The van der Waals surface area contributed by atoms with Crippen LogP contribution in [0.1, 0.15) is 41.2 Å². The highest BCUT2D eigenvalue weighted by Crippen LogP contribution is 2.40. The summed E-state index contributed by atoms with van der Waals surface area (Å²) < 4.78 is 13.7. The zero-order valence-electron chi connectivity index (χ0n) is 13.2. The highest BCUT2D eigenvalue weighted by Gasteiger charge is 2.29. The Bertz CT molecular complexity index is 766. The van der Waals surface area contributed by atoms with Crippen LogP contribution in [0.3, 0.4) is 0 Å². The van der Waals surface area contributed by atoms with Crippen LogP contribution in [0, 0.1) is 5.82 Å². The van der Waals surface area contributed by atoms with Crippen LogP contribution in [-0.2, 0) is 0 Å². The van der Waals surface area contributed by atoms with E-state index in [1.807, 2.05) is 13.1 Å². The van der Waals surface area contributed by atoms with Crippen LogP contribution in [0.5, 0.6) is 0 Å². The van der Waals surface area contributed by atoms with E-state index in [9.17, 15) is 9.18 Å². The average Bonchev–Trinajstić information content (AvgIpc) is 3.27. The molecule has 2 aromatic rings. The average molecular weight is 313 g/mol. The van der Waals surface area contributed by atoms with Crippen molar-refractivity contribution in [3.8, 4) is 0 Å². The van der Waals surface area contributed by atoms with Crippen LogP contribution in [0.15, 0.2) is 24.3 Å². The molecule has 0 radical (unpaired) electrons. The van der Waals surface area contributed by atoms with Crippen molar-refractivity contribution in [2.24, 2.45) is 0 Å². The number of amides is 1. The van der Waals surface area contributed by atoms with E-state index < -0.39 is 0 Å². The molecule has 1 aromatic heterocycles. The van der Waals surface area contributed by atoms with Gasteiger partial charge in [-0.3, -0.25) is 9.78 Å². The summed E-state index contributed by atoms with van der Waals surface area (Å²) in [5, 5.41) is 3.89. The number of nitrogens with one attached hydrogen (secondary N) is 1. The van der Waals surface area contributed by atoms with Crippen LogP contribution in [0.2, 0.25) is 0 Å². The van der Waals surface area contributed by atoms with Crippen LogP contribution < -0.4 is 5.32 Å². The number of aromatic nitrogens is 1. The molecule has 5 heteroatoms. The van der Waals surface area contributed by atoms with Gasteiger partial charge in [0, 0.05) is 36.6 Å². The number of likely N-dealkylation sites (N-methyl/N-ethyl adjacent to an activating group) is 1. The topological polar surface area (TPSA) is 45.2 Å². The summed E-state index contributed by atoms with van der Waals surface area (Å²) in [4.78, 5) is 19.4. The maximum Gasteiger partial charge on any atom is 0.254 e. The Kier molecular flexibility index (Phi) is 3.53. The molecule has 1 N–H and O–H groups in total. The second-order valence-corrected chi connectivity index (χ2v) is 6.59. The third-order valence-electron chi connectivity index (χ3n) is 4.92. The van der Waals surface area contributed by atoms with E-state index >= 15 is 0 Å². The molecule has 0 spiro atoms. The van der Waals surface area contributed by atoms with Crippen molar-refractivity contribution >= 4 is 16.8 Å². The molecule has 2 heterocycles. The molecule has 4 rings (SSSR count). The molecule has 0 bridgehead atoms. The third-order valence-corrected chi connectivity index (χ3v) is 4.92. The Hall–Kier alpha value is -2.01. The first-order chi connectivity index (χ1) is 11.1. The standard InChI is InChI=1S/C18H20FN3O/c1-22(13-6-7-20-10-13)18(23)15-9-17(11-2-3-11)21-16-5-4-12(19)8-14(15)16/h4-5,8-9,11,13,20H,2-3,6-7,10H2,1H3. The van der Waals surface area contributed by atoms with E-state index in [1.165, 1.54) is 12.1 Å². The molecular formula is C18H20FN3O. The maximum atomic E-state index is 13.7. The van der Waals surface area contributed by atoms with Gasteiger partial charge >= 0.3 is 0 Å². The second-order valence-electron chi connectivity index (χ2n) is 6.59. The molecule has 1 aromatic carbocycles. The van der Waals surface area contributed by atoms with E-state index in [1.54, 1.807) is 11.0 Å². The Morgan fingerprint density at radius 2 is 2.13 bits per heavy atom. The highest BCUT2D eigenvalue weighted by molar-refractivity contribution is 6.06. The largest absolute Gasteiger partial charge is 0.337 e. The maximum absolute atomic E-state index is 13.7. The summed E-state index contributed by atoms with van der Waals surface area (Å²) in [6.07, 6.45) is 3.19. The van der Waals surface area contributed by atoms with Gasteiger partial charge < -0.3 is 10.2 Å². The van der Waals surface area contributed by atoms with E-state index in [0.717, 1.165) is 38.0 Å². The SMILES string of the molecule is CN(C(=O)c1cc(C2CC2)nc2ccc(F)cc12)C1CCNC1. The van der Waals surface area contributed by atoms with Gasteiger partial charge in [-0.05, 0) is 50.1 Å². The van der Waals surface area contributed by atoms with Crippen molar-refractivity contribution < 1.29 is 9.18 Å². The normalized spacial score (nSPS) is 20.9. The summed E-state index contributed by atoms with van der Waals surface area (Å²) >= 11 is 0. The van der Waals surface area contributed by atoms with Crippen LogP contribution in [0.4, 0.5) is 4.39 Å². The fourth-order valence-corrected chi connectivity index (χ4v) is 3.31. The molecule has 1 saturated heterocycles. The van der Waals surface area contributed by atoms with Gasteiger partial charge in [-0.15, -0.1) is 0 Å². The first kappa shape index (κ1) is 14.6. The van der Waals surface area contributed by atoms with Crippen molar-refractivity contribution in [3.63, 3.8) is 0 Å². The molecule has 23 heavy (non-hydrogen) atoms. The van der Waals surface area contributed by atoms with E-state index in [-0.39, 0.29) is 17.8 Å². The summed E-state index contributed by atoms with van der Waals surface area (Å²) in [6.45, 7) is 1.75. The van der Waals surface area contributed by atoms with Crippen molar-refractivity contribution in [1.29, 1.82) is 0 Å². The summed E-state index contributed by atoms with van der Waals surface area (Å²) in [5.74, 6) is 0.0748. The lowest BCUT2D eigenvalue weighted by Crippen LogP contribution is -2.38. The molecule has 1 atom stereocenters. The number of carbonyl (C=O) groups is 1. The number of nitrogens with zero attached hydrogens (tertiary/aromatic N) is 2. The summed E-state index contributed by atoms with van der Waals surface area (Å²) in [7, 11) is 1.84. The lowest BCUT2D eigenvalue weighted by atomic mass is 10.0. The Morgan fingerprint density at radius 1 is 1.30 bits per heavy atom. The molecule has 1 aliphatic heterocycles. The molecule has 1 aliphatic carbocycles. The zero-order valence-corrected chi connectivity index (χ0v) is 13.2. The highest BCUT2D eigenvalue weighted by atomic mass is 19.1. The number of carbonyl (C=O) groups excluding carboxylic acids is 1. The summed E-state index contributed by atoms with van der Waals surface area (Å²) in [6, 6.07) is 6.58. The van der Waals surface area contributed by atoms with Gasteiger partial charge in [-0.1, -0.05) is 0 Å². The number of halogens is 1. The van der Waals surface area contributed by atoms with E-state index in [2.05, 4.69) is 10.3 Å². The minimum atomic E-state index is -0.335. The molecule has 1 amide bonds. The summed E-state index contributed by atoms with van der Waals surface area (Å²) in [5.41, 5.74) is 2.24. The monoisotopic (exact) mass is 313 g/mol. The molecule has 1 saturated carbocycles. The molecule has 2 aliphatic rings. The quantitative estimate of drug-likeness (QED) is 0.947. The van der Waals surface area contributed by atoms with E-state index in [0.29, 0.717) is 22.4 Å². The molecule has 120 valence electrons. The molecule has 4 nitrogen and oxygen atoms in total. The first-order valence-electron chi connectivity index (χ1n) is 8.21. The van der Waals surface area contributed by atoms with Gasteiger partial charge in [0.2, 0.25) is 0 Å². The van der Waals surface area contributed by atoms with Gasteiger partial charge in [0.25, 0.3) is 5.91 Å². The van der Waals surface area contributed by atoms with Gasteiger partial charge in [-0.25, -0.2) is 4.39 Å². The number of pyridine rings is 1. The van der Waals surface area contributed by atoms with Crippen molar-refractivity contribution in [1.82, 2.24) is 15.2 Å². The van der Waals surface area contributed by atoms with Crippen molar-refractivity contribution in [2.45, 2.75) is 31.2 Å². The first-order valence-corrected chi connectivity index (χ1v) is 8.21. The van der Waals surface area contributed by atoms with Crippen LogP contribution in [0.25, 0.3) is 10.9 Å². The van der Waals surface area contributed by atoms with E-state index in [4.69, 9.17) is 0 Å². The fourth-order valence-electron chi connectivity index (χ4n) is 3.31. The minimum absolute atomic E-state index is 0.0430. The van der Waals surface area contributed by atoms with Gasteiger partial charge in [-0.2, -0.15) is 0 Å². The second kappa shape index (κ2) is 5.57. The predicted octanol–water partition coefficient (Wildman–Crippen LogP) is 2.69. The number of hydrogen-bond acceptors (Lipinski definition) is 3. The molecular weight excluding hydrogens is 293 g/mol. The predicted molar refractivity (Wildman–Crippen MR) is 87.0 cm³/mol. The number of hydrogen-bond donors (Lipinski definition) is 1. The fraction of sp³-hybridized carbons (Fsp3) is 0.444. The number of benzene rings is 1. The smallest absolute Gasteiger partial charge is 0.254 e. The Morgan fingerprint density at radius 3 is 2.83 bits per heavy atom. The van der Waals surface area contributed by atoms with Crippen LogP contribution in [-0.4, -0.2) is 42.0 Å². The van der Waals surface area contributed by atoms with Gasteiger partial charge in [0.1, 0.15) is 5.82 Å². The van der Waals surface area contributed by atoms with Crippen molar-refractivity contribution in [2.75, 3.05) is 20.1 Å². The van der Waals surface area contributed by atoms with Crippen LogP contribution >= 0.6 is 0 Å².